The fraction of sp³-hybridized carbons (Fsp3) is 0.0769. The van der Waals surface area contributed by atoms with Gasteiger partial charge in [0.15, 0.2) is 5.78 Å². The highest BCUT2D eigenvalue weighted by molar-refractivity contribution is 6.30. The van der Waals surface area contributed by atoms with E-state index in [1.54, 1.807) is 6.20 Å². The van der Waals surface area contributed by atoms with Crippen molar-refractivity contribution in [3.05, 3.63) is 131 Å². The lowest BCUT2D eigenvalue weighted by Crippen LogP contribution is -2.26. The van der Waals surface area contributed by atoms with Gasteiger partial charge in [0.2, 0.25) is 0 Å². The zero-order valence-electron chi connectivity index (χ0n) is 16.3. The molecule has 2 atom stereocenters. The normalized spacial score (nSPS) is 12.7. The molecule has 0 aliphatic rings. The predicted molar refractivity (Wildman–Crippen MR) is 122 cm³/mol. The Morgan fingerprint density at radius 1 is 0.733 bits per heavy atom. The van der Waals surface area contributed by atoms with Gasteiger partial charge in [-0.3, -0.25) is 4.79 Å². The Labute approximate surface area is 181 Å². The largest absolute Gasteiger partial charge is 0.362 e. The van der Waals surface area contributed by atoms with E-state index in [0.29, 0.717) is 16.4 Å². The minimum absolute atomic E-state index is 0.0465. The van der Waals surface area contributed by atoms with Crippen LogP contribution in [-0.4, -0.2) is 10.8 Å². The number of hydrogen-bond donors (Lipinski definition) is 1. The molecule has 0 amide bonds. The van der Waals surface area contributed by atoms with Gasteiger partial charge in [-0.25, -0.2) is 4.98 Å². The Hall–Kier alpha value is -3.43. The number of carbonyl (C=O) groups is 1. The number of nitrogens with one attached hydrogen (secondary N) is 1. The van der Waals surface area contributed by atoms with Crippen molar-refractivity contribution in [2.45, 2.75) is 12.0 Å². The van der Waals surface area contributed by atoms with Crippen molar-refractivity contribution in [3.63, 3.8) is 0 Å². The number of rotatable bonds is 7. The third-order valence-corrected chi connectivity index (χ3v) is 5.28. The van der Waals surface area contributed by atoms with Gasteiger partial charge in [-0.05, 0) is 35.4 Å². The van der Waals surface area contributed by atoms with Crippen LogP contribution in [0.4, 0.5) is 5.82 Å². The molecule has 0 radical (unpaired) electrons. The average Bonchev–Trinajstić information content (AvgIpc) is 2.81. The minimum Gasteiger partial charge on any atom is -0.362 e. The number of nitrogens with zero attached hydrogens (tertiary/aromatic N) is 1. The van der Waals surface area contributed by atoms with Crippen LogP contribution in [0.3, 0.4) is 0 Å². The summed E-state index contributed by atoms with van der Waals surface area (Å²) in [6.07, 6.45) is 1.73. The average molecular weight is 413 g/mol. The molecular weight excluding hydrogens is 392 g/mol. The Morgan fingerprint density at radius 3 is 2.00 bits per heavy atom. The minimum atomic E-state index is -0.447. The molecule has 4 rings (SSSR count). The van der Waals surface area contributed by atoms with Crippen LogP contribution < -0.4 is 5.32 Å². The number of benzene rings is 3. The first-order valence-corrected chi connectivity index (χ1v) is 10.2. The van der Waals surface area contributed by atoms with Gasteiger partial charge < -0.3 is 5.32 Å². The number of pyridine rings is 1. The van der Waals surface area contributed by atoms with Crippen LogP contribution in [0.5, 0.6) is 0 Å². The van der Waals surface area contributed by atoms with E-state index in [1.165, 1.54) is 0 Å². The molecule has 4 heteroatoms. The van der Waals surface area contributed by atoms with Crippen molar-refractivity contribution in [3.8, 4) is 0 Å². The van der Waals surface area contributed by atoms with Gasteiger partial charge in [-0.15, -0.1) is 0 Å². The second kappa shape index (κ2) is 9.38. The van der Waals surface area contributed by atoms with Crippen molar-refractivity contribution in [1.82, 2.24) is 4.98 Å². The molecule has 4 aromatic rings. The summed E-state index contributed by atoms with van der Waals surface area (Å²) in [4.78, 5) is 18.2. The molecule has 3 aromatic carbocycles. The van der Waals surface area contributed by atoms with Crippen LogP contribution in [0.2, 0.25) is 5.02 Å². The standard InChI is InChI=1S/C26H21ClN2O/c27-22-16-14-20(15-17-22)25(29-23-13-7-8-18-28-23)24(19-9-3-1-4-10-19)26(30)21-11-5-2-6-12-21/h1-18,24-25H,(H,28,29)/t24-,25-/m0/s1. The summed E-state index contributed by atoms with van der Waals surface area (Å²) in [6.45, 7) is 0. The Bertz CT molecular complexity index is 1080. The monoisotopic (exact) mass is 412 g/mol. The number of carbonyl (C=O) groups excluding carboxylic acids is 1. The van der Waals surface area contributed by atoms with Gasteiger partial charge in [-0.2, -0.15) is 0 Å². The quantitative estimate of drug-likeness (QED) is 0.350. The molecule has 0 aliphatic carbocycles. The first-order valence-electron chi connectivity index (χ1n) is 9.79. The van der Waals surface area contributed by atoms with Crippen LogP contribution in [-0.2, 0) is 0 Å². The molecule has 0 saturated heterocycles. The SMILES string of the molecule is O=C(c1ccccc1)[C@@H](c1ccccc1)[C@@H](Nc1ccccn1)c1ccc(Cl)cc1. The van der Waals surface area contributed by atoms with E-state index >= 15 is 0 Å². The summed E-state index contributed by atoms with van der Waals surface area (Å²) in [5.41, 5.74) is 2.58. The number of Topliss-reactive ketones (excluding diaryl/α,β-unsaturated/α-hetero) is 1. The van der Waals surface area contributed by atoms with Crippen LogP contribution in [0.1, 0.15) is 33.4 Å². The third-order valence-electron chi connectivity index (χ3n) is 5.03. The topological polar surface area (TPSA) is 42.0 Å². The van der Waals surface area contributed by atoms with E-state index < -0.39 is 5.92 Å². The van der Waals surface area contributed by atoms with Crippen molar-refractivity contribution in [2.24, 2.45) is 0 Å². The van der Waals surface area contributed by atoms with Crippen molar-refractivity contribution < 1.29 is 4.79 Å². The molecule has 0 aliphatic heterocycles. The van der Waals surface area contributed by atoms with Crippen LogP contribution >= 0.6 is 11.6 Å². The molecule has 148 valence electrons. The maximum Gasteiger partial charge on any atom is 0.172 e. The maximum atomic E-state index is 13.7. The lowest BCUT2D eigenvalue weighted by Gasteiger charge is -2.29. The fourth-order valence-electron chi connectivity index (χ4n) is 3.57. The van der Waals surface area contributed by atoms with E-state index in [1.807, 2.05) is 103 Å². The highest BCUT2D eigenvalue weighted by atomic mass is 35.5. The van der Waals surface area contributed by atoms with E-state index in [0.717, 1.165) is 11.1 Å². The molecule has 30 heavy (non-hydrogen) atoms. The Morgan fingerprint density at radius 2 is 1.37 bits per heavy atom. The van der Waals surface area contributed by atoms with Gasteiger partial charge in [-0.1, -0.05) is 90.5 Å². The lowest BCUT2D eigenvalue weighted by molar-refractivity contribution is 0.0950. The molecule has 1 N–H and O–H groups in total. The van der Waals surface area contributed by atoms with Crippen molar-refractivity contribution >= 4 is 23.2 Å². The van der Waals surface area contributed by atoms with Crippen molar-refractivity contribution in [1.29, 1.82) is 0 Å². The van der Waals surface area contributed by atoms with Crippen LogP contribution in [0.15, 0.2) is 109 Å². The van der Waals surface area contributed by atoms with E-state index in [4.69, 9.17) is 11.6 Å². The first-order chi connectivity index (χ1) is 14.7. The molecule has 0 spiro atoms. The third kappa shape index (κ3) is 4.58. The van der Waals surface area contributed by atoms with E-state index in [-0.39, 0.29) is 11.8 Å². The summed E-state index contributed by atoms with van der Waals surface area (Å²) in [5.74, 6) is 0.307. The molecule has 0 saturated carbocycles. The molecular formula is C26H21ClN2O. The van der Waals surface area contributed by atoms with Crippen molar-refractivity contribution in [2.75, 3.05) is 5.32 Å². The highest BCUT2D eigenvalue weighted by Crippen LogP contribution is 2.36. The lowest BCUT2D eigenvalue weighted by atomic mass is 9.81. The molecule has 0 bridgehead atoms. The van der Waals surface area contributed by atoms with Gasteiger partial charge in [0.05, 0.1) is 12.0 Å². The fourth-order valence-corrected chi connectivity index (χ4v) is 3.70. The van der Waals surface area contributed by atoms with Gasteiger partial charge >= 0.3 is 0 Å². The highest BCUT2D eigenvalue weighted by Gasteiger charge is 2.32. The molecule has 3 nitrogen and oxygen atoms in total. The Balaban J connectivity index is 1.83. The van der Waals surface area contributed by atoms with Gasteiger partial charge in [0.1, 0.15) is 5.82 Å². The second-order valence-electron chi connectivity index (χ2n) is 7.01. The number of hydrogen-bond acceptors (Lipinski definition) is 3. The van der Waals surface area contributed by atoms with E-state index in [2.05, 4.69) is 10.3 Å². The number of ketones is 1. The van der Waals surface area contributed by atoms with E-state index in [9.17, 15) is 4.79 Å². The summed E-state index contributed by atoms with van der Waals surface area (Å²) in [5, 5.41) is 4.14. The zero-order chi connectivity index (χ0) is 20.8. The first kappa shape index (κ1) is 19.9. The Kier molecular flexibility index (Phi) is 6.21. The summed E-state index contributed by atoms with van der Waals surface area (Å²) >= 11 is 6.13. The molecule has 0 fully saturated rings. The molecule has 1 heterocycles. The van der Waals surface area contributed by atoms with Gasteiger partial charge in [0, 0.05) is 16.8 Å². The maximum absolute atomic E-state index is 13.7. The summed E-state index contributed by atoms with van der Waals surface area (Å²) < 4.78 is 0. The summed E-state index contributed by atoms with van der Waals surface area (Å²) in [6, 6.07) is 32.2. The molecule has 1 aromatic heterocycles. The van der Waals surface area contributed by atoms with Crippen LogP contribution in [0.25, 0.3) is 0 Å². The van der Waals surface area contributed by atoms with Crippen LogP contribution in [0, 0.1) is 0 Å². The number of halogens is 1. The smallest absolute Gasteiger partial charge is 0.172 e. The predicted octanol–water partition coefficient (Wildman–Crippen LogP) is 6.55. The second-order valence-corrected chi connectivity index (χ2v) is 7.44. The number of aromatic nitrogens is 1. The number of anilines is 1. The zero-order valence-corrected chi connectivity index (χ0v) is 17.0. The van der Waals surface area contributed by atoms with Gasteiger partial charge in [0.25, 0.3) is 0 Å². The summed E-state index contributed by atoms with van der Waals surface area (Å²) in [7, 11) is 0. The molecule has 0 unspecified atom stereocenters.